The van der Waals surface area contributed by atoms with Crippen LogP contribution in [-0.4, -0.2) is 43.0 Å². The molecule has 23 heavy (non-hydrogen) atoms. The van der Waals surface area contributed by atoms with Gasteiger partial charge >= 0.3 is 0 Å². The second kappa shape index (κ2) is 7.93. The lowest BCUT2D eigenvalue weighted by atomic mass is 10.00. The highest BCUT2D eigenvalue weighted by molar-refractivity contribution is 5.78. The number of likely N-dealkylation sites (tertiary alicyclic amines) is 1. The minimum atomic E-state index is 0.153. The number of rotatable bonds is 7. The predicted octanol–water partition coefficient (Wildman–Crippen LogP) is 2.33. The molecule has 1 aliphatic carbocycles. The quantitative estimate of drug-likeness (QED) is 0.812. The monoisotopic (exact) mass is 315 g/mol. The van der Waals surface area contributed by atoms with E-state index < -0.39 is 0 Å². The molecule has 1 aromatic rings. The van der Waals surface area contributed by atoms with E-state index in [1.54, 1.807) is 0 Å². The topological polar surface area (TPSA) is 44.4 Å². The second-order valence-electron chi connectivity index (χ2n) is 7.04. The molecular formula is C19H29N3O. The number of carbonyl (C=O) groups excluding carboxylic acids is 1. The maximum Gasteiger partial charge on any atom is 0.234 e. The molecule has 2 aliphatic rings. The van der Waals surface area contributed by atoms with Crippen molar-refractivity contribution in [2.75, 3.05) is 26.2 Å². The van der Waals surface area contributed by atoms with Crippen LogP contribution >= 0.6 is 0 Å². The van der Waals surface area contributed by atoms with Crippen LogP contribution in [0.25, 0.3) is 0 Å². The van der Waals surface area contributed by atoms with Crippen LogP contribution in [0, 0.1) is 5.92 Å². The fraction of sp³-hybridized carbons (Fsp3) is 0.632. The molecule has 0 bridgehead atoms. The molecule has 2 N–H and O–H groups in total. The zero-order valence-corrected chi connectivity index (χ0v) is 14.1. The first-order valence-electron chi connectivity index (χ1n) is 9.01. The summed E-state index contributed by atoms with van der Waals surface area (Å²) in [7, 11) is 0. The van der Waals surface area contributed by atoms with Crippen LogP contribution in [0.15, 0.2) is 30.3 Å². The molecule has 0 spiro atoms. The van der Waals surface area contributed by atoms with Gasteiger partial charge in [-0.1, -0.05) is 30.3 Å². The van der Waals surface area contributed by atoms with Crippen molar-refractivity contribution >= 4 is 5.91 Å². The molecule has 1 saturated carbocycles. The smallest absolute Gasteiger partial charge is 0.234 e. The van der Waals surface area contributed by atoms with E-state index >= 15 is 0 Å². The van der Waals surface area contributed by atoms with Crippen LogP contribution in [0.4, 0.5) is 0 Å². The first-order valence-corrected chi connectivity index (χ1v) is 9.01. The number of piperidine rings is 1. The third kappa shape index (κ3) is 5.05. The van der Waals surface area contributed by atoms with Gasteiger partial charge in [-0.15, -0.1) is 0 Å². The molecule has 1 saturated heterocycles. The van der Waals surface area contributed by atoms with E-state index in [0.717, 1.165) is 38.4 Å². The molecule has 1 heterocycles. The van der Waals surface area contributed by atoms with Gasteiger partial charge in [0.15, 0.2) is 0 Å². The molecule has 2 fully saturated rings. The highest BCUT2D eigenvalue weighted by Crippen LogP contribution is 2.27. The Morgan fingerprint density at radius 3 is 2.52 bits per heavy atom. The van der Waals surface area contributed by atoms with Crippen molar-refractivity contribution in [2.45, 2.75) is 44.7 Å². The molecule has 3 rings (SSSR count). The van der Waals surface area contributed by atoms with Crippen molar-refractivity contribution in [3.05, 3.63) is 35.9 Å². The van der Waals surface area contributed by atoms with Crippen molar-refractivity contribution < 1.29 is 4.79 Å². The Bertz CT molecular complexity index is 493. The average molecular weight is 315 g/mol. The number of hydrogen-bond donors (Lipinski definition) is 2. The number of nitrogens with zero attached hydrogens (tertiary/aromatic N) is 1. The molecule has 1 unspecified atom stereocenters. The predicted molar refractivity (Wildman–Crippen MR) is 93.2 cm³/mol. The average Bonchev–Trinajstić information content (AvgIpc) is 3.40. The Labute approximate surface area is 139 Å². The van der Waals surface area contributed by atoms with Gasteiger partial charge in [-0.3, -0.25) is 9.69 Å². The molecule has 1 aromatic carbocycles. The molecule has 1 aliphatic heterocycles. The first kappa shape index (κ1) is 16.5. The Balaban J connectivity index is 1.37. The summed E-state index contributed by atoms with van der Waals surface area (Å²) in [6.07, 6.45) is 4.75. The normalized spacial score (nSPS) is 21.1. The third-order valence-corrected chi connectivity index (χ3v) is 5.14. The Morgan fingerprint density at radius 1 is 1.17 bits per heavy atom. The molecule has 4 nitrogen and oxygen atoms in total. The SMILES string of the molecule is CC(c1ccccc1)N1CCC(NC(=O)CNCC2CC2)CC1. The molecular weight excluding hydrogens is 286 g/mol. The maximum absolute atomic E-state index is 12.0. The summed E-state index contributed by atoms with van der Waals surface area (Å²) in [5, 5.41) is 6.45. The van der Waals surface area contributed by atoms with E-state index in [0.29, 0.717) is 18.6 Å². The fourth-order valence-electron chi connectivity index (χ4n) is 3.36. The third-order valence-electron chi connectivity index (χ3n) is 5.14. The van der Waals surface area contributed by atoms with Crippen molar-refractivity contribution in [2.24, 2.45) is 5.92 Å². The van der Waals surface area contributed by atoms with Gasteiger partial charge in [-0.25, -0.2) is 0 Å². The summed E-state index contributed by atoms with van der Waals surface area (Å²) in [4.78, 5) is 14.5. The van der Waals surface area contributed by atoms with Gasteiger partial charge in [0.25, 0.3) is 0 Å². The number of carbonyl (C=O) groups is 1. The summed E-state index contributed by atoms with van der Waals surface area (Å²) in [5.74, 6) is 0.978. The fourth-order valence-corrected chi connectivity index (χ4v) is 3.36. The molecule has 1 amide bonds. The van der Waals surface area contributed by atoms with E-state index in [9.17, 15) is 4.79 Å². The molecule has 126 valence electrons. The van der Waals surface area contributed by atoms with Gasteiger partial charge in [0.2, 0.25) is 5.91 Å². The minimum Gasteiger partial charge on any atom is -0.352 e. The molecule has 0 aromatic heterocycles. The summed E-state index contributed by atoms with van der Waals surface area (Å²) in [6.45, 7) is 5.85. The minimum absolute atomic E-state index is 0.153. The summed E-state index contributed by atoms with van der Waals surface area (Å²) in [5.41, 5.74) is 1.37. The lowest BCUT2D eigenvalue weighted by Gasteiger charge is -2.36. The van der Waals surface area contributed by atoms with Crippen LogP contribution in [0.2, 0.25) is 0 Å². The van der Waals surface area contributed by atoms with Crippen LogP contribution in [0.3, 0.4) is 0 Å². The van der Waals surface area contributed by atoms with E-state index in [4.69, 9.17) is 0 Å². The van der Waals surface area contributed by atoms with Crippen LogP contribution in [-0.2, 0) is 4.79 Å². The zero-order valence-electron chi connectivity index (χ0n) is 14.1. The number of nitrogens with one attached hydrogen (secondary N) is 2. The summed E-state index contributed by atoms with van der Waals surface area (Å²) < 4.78 is 0. The first-order chi connectivity index (χ1) is 11.2. The van der Waals surface area contributed by atoms with Gasteiger partial charge in [-0.05, 0) is 50.6 Å². The maximum atomic E-state index is 12.0. The van der Waals surface area contributed by atoms with Gasteiger partial charge in [0.05, 0.1) is 6.54 Å². The van der Waals surface area contributed by atoms with E-state index in [1.807, 2.05) is 0 Å². The Kier molecular flexibility index (Phi) is 5.68. The zero-order chi connectivity index (χ0) is 16.1. The molecule has 1 atom stereocenters. The van der Waals surface area contributed by atoms with Crippen molar-refractivity contribution in [3.8, 4) is 0 Å². The van der Waals surface area contributed by atoms with Crippen LogP contribution < -0.4 is 10.6 Å². The lowest BCUT2D eigenvalue weighted by Crippen LogP contribution is -2.47. The van der Waals surface area contributed by atoms with Crippen molar-refractivity contribution in [3.63, 3.8) is 0 Å². The van der Waals surface area contributed by atoms with E-state index in [2.05, 4.69) is 52.8 Å². The lowest BCUT2D eigenvalue weighted by molar-refractivity contribution is -0.121. The Hall–Kier alpha value is -1.39. The highest BCUT2D eigenvalue weighted by Gasteiger charge is 2.25. The van der Waals surface area contributed by atoms with Gasteiger partial charge < -0.3 is 10.6 Å². The largest absolute Gasteiger partial charge is 0.352 e. The van der Waals surface area contributed by atoms with Gasteiger partial charge in [-0.2, -0.15) is 0 Å². The molecule has 0 radical (unpaired) electrons. The van der Waals surface area contributed by atoms with Crippen molar-refractivity contribution in [1.82, 2.24) is 15.5 Å². The van der Waals surface area contributed by atoms with E-state index in [-0.39, 0.29) is 5.91 Å². The number of amides is 1. The number of hydrogen-bond acceptors (Lipinski definition) is 3. The van der Waals surface area contributed by atoms with Crippen molar-refractivity contribution in [1.29, 1.82) is 0 Å². The second-order valence-corrected chi connectivity index (χ2v) is 7.04. The van der Waals surface area contributed by atoms with Crippen LogP contribution in [0.5, 0.6) is 0 Å². The molecule has 4 heteroatoms. The van der Waals surface area contributed by atoms with Gasteiger partial charge in [0, 0.05) is 25.2 Å². The van der Waals surface area contributed by atoms with E-state index in [1.165, 1.54) is 18.4 Å². The Morgan fingerprint density at radius 2 is 1.87 bits per heavy atom. The standard InChI is InChI=1S/C19H29N3O/c1-15(17-5-3-2-4-6-17)22-11-9-18(10-12-22)21-19(23)14-20-13-16-7-8-16/h2-6,15-16,18,20H,7-14H2,1H3,(H,21,23). The summed E-state index contributed by atoms with van der Waals surface area (Å²) >= 11 is 0. The van der Waals surface area contributed by atoms with Crippen LogP contribution in [0.1, 0.15) is 44.2 Å². The highest BCUT2D eigenvalue weighted by atomic mass is 16.1. The van der Waals surface area contributed by atoms with Gasteiger partial charge in [0.1, 0.15) is 0 Å². The number of benzene rings is 1. The summed E-state index contributed by atoms with van der Waals surface area (Å²) in [6, 6.07) is 11.5.